The Morgan fingerprint density at radius 3 is 2.91 bits per heavy atom. The molecule has 1 aromatic rings. The van der Waals surface area contributed by atoms with Crippen molar-refractivity contribution in [2.75, 3.05) is 33.3 Å². The van der Waals surface area contributed by atoms with Gasteiger partial charge in [0.25, 0.3) is 0 Å². The Kier molecular flexibility index (Phi) is 8.94. The zero-order valence-corrected chi connectivity index (χ0v) is 15.3. The van der Waals surface area contributed by atoms with E-state index in [1.807, 2.05) is 18.2 Å². The number of ether oxygens (including phenoxy) is 1. The molecule has 1 atom stereocenters. The number of hydrogen-bond acceptors (Lipinski definition) is 2. The number of nitrogens with one attached hydrogen (secondary N) is 1. The minimum Gasteiger partial charge on any atom is -0.376 e. The van der Waals surface area contributed by atoms with Crippen LogP contribution in [0.25, 0.3) is 0 Å². The second-order valence-corrected chi connectivity index (χ2v) is 5.21. The molecular weight excluding hydrogens is 389 g/mol. The smallest absolute Gasteiger partial charge is 0.194 e. The zero-order valence-electron chi connectivity index (χ0n) is 13.0. The van der Waals surface area contributed by atoms with Crippen LogP contribution in [0.15, 0.2) is 35.3 Å². The molecule has 0 bridgehead atoms. The Bertz CT molecular complexity index is 498. The van der Waals surface area contributed by atoms with E-state index in [2.05, 4.69) is 33.3 Å². The van der Waals surface area contributed by atoms with Crippen LogP contribution in [-0.4, -0.2) is 44.1 Å². The molecular formula is C17H24IN3O. The topological polar surface area (TPSA) is 36.9 Å². The lowest BCUT2D eigenvalue weighted by molar-refractivity contribution is 0.0907. The Hall–Kier alpha value is -1.26. The van der Waals surface area contributed by atoms with Crippen molar-refractivity contribution in [3.63, 3.8) is 0 Å². The summed E-state index contributed by atoms with van der Waals surface area (Å²) in [5.74, 6) is 4.02. The first-order valence-corrected chi connectivity index (χ1v) is 7.34. The van der Waals surface area contributed by atoms with Gasteiger partial charge in [-0.25, -0.2) is 0 Å². The fraction of sp³-hybridized carbons (Fsp3) is 0.471. The second kappa shape index (κ2) is 10.5. The lowest BCUT2D eigenvalue weighted by Crippen LogP contribution is -2.40. The summed E-state index contributed by atoms with van der Waals surface area (Å²) in [7, 11) is 1.79. The Balaban J connectivity index is 0.00000242. The van der Waals surface area contributed by atoms with E-state index < -0.39 is 0 Å². The van der Waals surface area contributed by atoms with E-state index >= 15 is 0 Å². The van der Waals surface area contributed by atoms with E-state index in [0.29, 0.717) is 19.1 Å². The van der Waals surface area contributed by atoms with Crippen molar-refractivity contribution < 1.29 is 4.74 Å². The number of aliphatic imine (C=N–C) groups is 1. The van der Waals surface area contributed by atoms with Gasteiger partial charge in [0.05, 0.1) is 19.8 Å². The first-order chi connectivity index (χ1) is 10.3. The van der Waals surface area contributed by atoms with E-state index in [-0.39, 0.29) is 24.0 Å². The molecule has 1 N–H and O–H groups in total. The third-order valence-electron chi connectivity index (χ3n) is 3.61. The fourth-order valence-electron chi connectivity index (χ4n) is 2.54. The zero-order chi connectivity index (χ0) is 14.9. The molecule has 1 aliphatic heterocycles. The molecule has 1 aromatic carbocycles. The van der Waals surface area contributed by atoms with Gasteiger partial charge in [0.1, 0.15) is 0 Å². The van der Waals surface area contributed by atoms with Gasteiger partial charge in [-0.05, 0) is 12.0 Å². The van der Waals surface area contributed by atoms with Gasteiger partial charge in [0.15, 0.2) is 5.96 Å². The highest BCUT2D eigenvalue weighted by Gasteiger charge is 2.24. The van der Waals surface area contributed by atoms with Crippen molar-refractivity contribution in [3.05, 3.63) is 35.9 Å². The summed E-state index contributed by atoms with van der Waals surface area (Å²) in [5, 5.41) is 3.16. The number of benzene rings is 1. The van der Waals surface area contributed by atoms with E-state index in [1.165, 1.54) is 5.56 Å². The molecule has 1 fully saturated rings. The maximum Gasteiger partial charge on any atom is 0.194 e. The highest BCUT2D eigenvalue weighted by molar-refractivity contribution is 14.0. The summed E-state index contributed by atoms with van der Waals surface area (Å²) in [6.07, 6.45) is 6.40. The maximum absolute atomic E-state index is 5.83. The normalized spacial score (nSPS) is 17.7. The summed E-state index contributed by atoms with van der Waals surface area (Å²) in [6, 6.07) is 10.3. The Morgan fingerprint density at radius 2 is 2.23 bits per heavy atom. The van der Waals surface area contributed by atoms with E-state index in [0.717, 1.165) is 32.1 Å². The van der Waals surface area contributed by atoms with Gasteiger partial charge >= 0.3 is 0 Å². The molecule has 1 unspecified atom stereocenters. The largest absolute Gasteiger partial charge is 0.376 e. The third-order valence-corrected chi connectivity index (χ3v) is 3.61. The molecule has 0 spiro atoms. The molecule has 120 valence electrons. The average Bonchev–Trinajstić information content (AvgIpc) is 2.98. The third kappa shape index (κ3) is 5.85. The molecule has 22 heavy (non-hydrogen) atoms. The standard InChI is InChI=1S/C17H23N3O.HI/c1-3-10-19-17(18-2)20-11-9-16(12-20)14-21-13-15-7-5-4-6-8-15;/h1,4-8,16H,9-14H2,2H3,(H,18,19);1H. The number of nitrogens with zero attached hydrogens (tertiary/aromatic N) is 2. The van der Waals surface area contributed by atoms with Crippen molar-refractivity contribution in [1.82, 2.24) is 10.2 Å². The van der Waals surface area contributed by atoms with Gasteiger partial charge in [0.2, 0.25) is 0 Å². The second-order valence-electron chi connectivity index (χ2n) is 5.21. The van der Waals surface area contributed by atoms with Crippen LogP contribution in [-0.2, 0) is 11.3 Å². The number of rotatable bonds is 5. The van der Waals surface area contributed by atoms with Gasteiger partial charge in [-0.15, -0.1) is 30.4 Å². The SMILES string of the molecule is C#CCNC(=NC)N1CCC(COCc2ccccc2)C1.I. The van der Waals surface area contributed by atoms with Crippen LogP contribution in [0.3, 0.4) is 0 Å². The van der Waals surface area contributed by atoms with Crippen LogP contribution in [0.5, 0.6) is 0 Å². The molecule has 1 saturated heterocycles. The number of likely N-dealkylation sites (tertiary alicyclic amines) is 1. The summed E-state index contributed by atoms with van der Waals surface area (Å²) in [5.41, 5.74) is 1.22. The summed E-state index contributed by atoms with van der Waals surface area (Å²) in [6.45, 7) is 3.96. The number of halogens is 1. The average molecular weight is 413 g/mol. The Morgan fingerprint density at radius 1 is 1.45 bits per heavy atom. The number of guanidine groups is 1. The van der Waals surface area contributed by atoms with E-state index in [1.54, 1.807) is 7.05 Å². The minimum atomic E-state index is 0. The van der Waals surface area contributed by atoms with Gasteiger partial charge in [0, 0.05) is 26.1 Å². The summed E-state index contributed by atoms with van der Waals surface area (Å²) >= 11 is 0. The van der Waals surface area contributed by atoms with Crippen molar-refractivity contribution in [2.45, 2.75) is 13.0 Å². The molecule has 0 aliphatic carbocycles. The van der Waals surface area contributed by atoms with Crippen LogP contribution >= 0.6 is 24.0 Å². The van der Waals surface area contributed by atoms with Crippen LogP contribution in [0.4, 0.5) is 0 Å². The van der Waals surface area contributed by atoms with Crippen molar-refractivity contribution in [3.8, 4) is 12.3 Å². The van der Waals surface area contributed by atoms with E-state index in [4.69, 9.17) is 11.2 Å². The predicted octanol–water partition coefficient (Wildman–Crippen LogP) is 2.35. The number of hydrogen-bond donors (Lipinski definition) is 1. The Labute approximate surface area is 150 Å². The molecule has 0 amide bonds. The molecule has 1 aliphatic rings. The van der Waals surface area contributed by atoms with Crippen LogP contribution in [0.1, 0.15) is 12.0 Å². The van der Waals surface area contributed by atoms with Crippen LogP contribution in [0, 0.1) is 18.3 Å². The predicted molar refractivity (Wildman–Crippen MR) is 101 cm³/mol. The quantitative estimate of drug-likeness (QED) is 0.349. The molecule has 0 radical (unpaired) electrons. The van der Waals surface area contributed by atoms with Crippen LogP contribution in [0.2, 0.25) is 0 Å². The van der Waals surface area contributed by atoms with Gasteiger partial charge < -0.3 is 15.0 Å². The van der Waals surface area contributed by atoms with Crippen molar-refractivity contribution in [2.24, 2.45) is 10.9 Å². The molecule has 5 heteroatoms. The van der Waals surface area contributed by atoms with Gasteiger partial charge in [-0.3, -0.25) is 4.99 Å². The molecule has 4 nitrogen and oxygen atoms in total. The van der Waals surface area contributed by atoms with Crippen LogP contribution < -0.4 is 5.32 Å². The summed E-state index contributed by atoms with van der Waals surface area (Å²) < 4.78 is 5.83. The minimum absolute atomic E-state index is 0. The monoisotopic (exact) mass is 413 g/mol. The molecule has 0 saturated carbocycles. The fourth-order valence-corrected chi connectivity index (χ4v) is 2.54. The summed E-state index contributed by atoms with van der Waals surface area (Å²) in [4.78, 5) is 6.51. The molecule has 0 aromatic heterocycles. The lowest BCUT2D eigenvalue weighted by Gasteiger charge is -2.20. The molecule has 1 heterocycles. The number of terminal acetylenes is 1. The lowest BCUT2D eigenvalue weighted by atomic mass is 10.1. The highest BCUT2D eigenvalue weighted by atomic mass is 127. The highest BCUT2D eigenvalue weighted by Crippen LogP contribution is 2.17. The first-order valence-electron chi connectivity index (χ1n) is 7.34. The maximum atomic E-state index is 5.83. The first kappa shape index (κ1) is 18.8. The van der Waals surface area contributed by atoms with Gasteiger partial charge in [-0.1, -0.05) is 36.3 Å². The van der Waals surface area contributed by atoms with Crippen molar-refractivity contribution in [1.29, 1.82) is 0 Å². The van der Waals surface area contributed by atoms with E-state index in [9.17, 15) is 0 Å². The van der Waals surface area contributed by atoms with Crippen molar-refractivity contribution >= 4 is 29.9 Å². The van der Waals surface area contributed by atoms with Gasteiger partial charge in [-0.2, -0.15) is 0 Å². The molecule has 2 rings (SSSR count).